The van der Waals surface area contributed by atoms with Crippen LogP contribution in [0.4, 0.5) is 15.8 Å². The monoisotopic (exact) mass is 433 g/mol. The van der Waals surface area contributed by atoms with Gasteiger partial charge in [-0.05, 0) is 46.9 Å². The number of amides is 1. The molecule has 0 aliphatic rings. The van der Waals surface area contributed by atoms with Crippen LogP contribution in [0.5, 0.6) is 0 Å². The molecule has 1 heterocycles. The van der Waals surface area contributed by atoms with Crippen molar-refractivity contribution in [1.82, 2.24) is 10.5 Å². The lowest BCUT2D eigenvalue weighted by Crippen LogP contribution is -2.31. The van der Waals surface area contributed by atoms with Gasteiger partial charge >= 0.3 is 0 Å². The summed E-state index contributed by atoms with van der Waals surface area (Å²) in [6.07, 6.45) is 1.20. The Labute approximate surface area is 144 Å². The van der Waals surface area contributed by atoms with Crippen LogP contribution < -0.4 is 10.8 Å². The standard InChI is InChI=1S/C14H13FIN3O4/c15-10-5-8(16)1-2-11(10)18-12-6-17-4-3-9(12)14(22)19-23-13(21)7-20/h1-6,13,18,20-21H,7H2,(H,19,22)/t13-/m0/s1. The molecule has 2 rings (SSSR count). The topological polar surface area (TPSA) is 104 Å². The third-order valence-corrected chi connectivity index (χ3v) is 3.38. The number of nitrogens with one attached hydrogen (secondary N) is 2. The molecule has 0 radical (unpaired) electrons. The lowest BCUT2D eigenvalue weighted by atomic mass is 10.2. The Balaban J connectivity index is 2.18. The molecule has 1 amide bonds. The highest BCUT2D eigenvalue weighted by Gasteiger charge is 2.14. The zero-order chi connectivity index (χ0) is 16.8. The first-order chi connectivity index (χ1) is 11.0. The van der Waals surface area contributed by atoms with Gasteiger partial charge in [0.2, 0.25) is 6.29 Å². The van der Waals surface area contributed by atoms with E-state index in [0.717, 1.165) is 3.57 Å². The highest BCUT2D eigenvalue weighted by Crippen LogP contribution is 2.23. The third kappa shape index (κ3) is 4.82. The van der Waals surface area contributed by atoms with E-state index in [1.165, 1.54) is 30.6 Å². The van der Waals surface area contributed by atoms with Crippen LogP contribution in [0.2, 0.25) is 0 Å². The summed E-state index contributed by atoms with van der Waals surface area (Å²) in [7, 11) is 0. The summed E-state index contributed by atoms with van der Waals surface area (Å²) < 4.78 is 14.6. The Morgan fingerprint density at radius 2 is 2.17 bits per heavy atom. The van der Waals surface area contributed by atoms with Crippen LogP contribution in [-0.4, -0.2) is 34.0 Å². The van der Waals surface area contributed by atoms with Gasteiger partial charge in [0.15, 0.2) is 0 Å². The van der Waals surface area contributed by atoms with Crippen LogP contribution in [0.1, 0.15) is 10.4 Å². The minimum Gasteiger partial charge on any atom is -0.391 e. The summed E-state index contributed by atoms with van der Waals surface area (Å²) >= 11 is 1.99. The quantitative estimate of drug-likeness (QED) is 0.313. The fourth-order valence-electron chi connectivity index (χ4n) is 1.64. The van der Waals surface area contributed by atoms with Gasteiger partial charge in [-0.15, -0.1) is 0 Å². The zero-order valence-electron chi connectivity index (χ0n) is 11.7. The number of benzene rings is 1. The summed E-state index contributed by atoms with van der Waals surface area (Å²) in [4.78, 5) is 20.4. The fourth-order valence-corrected chi connectivity index (χ4v) is 2.09. The molecule has 0 aliphatic heterocycles. The van der Waals surface area contributed by atoms with E-state index in [2.05, 4.69) is 15.1 Å². The zero-order valence-corrected chi connectivity index (χ0v) is 13.8. The number of carbonyl (C=O) groups excluding carboxylic acids is 1. The van der Waals surface area contributed by atoms with E-state index >= 15 is 0 Å². The van der Waals surface area contributed by atoms with E-state index in [1.54, 1.807) is 6.07 Å². The Hall–Kier alpha value is -1.82. The maximum Gasteiger partial charge on any atom is 0.277 e. The summed E-state index contributed by atoms with van der Waals surface area (Å²) in [6.45, 7) is -0.671. The van der Waals surface area contributed by atoms with Crippen LogP contribution in [0, 0.1) is 9.39 Å². The Bertz CT molecular complexity index is 701. The van der Waals surface area contributed by atoms with Crippen molar-refractivity contribution in [3.8, 4) is 0 Å². The Kier molecular flexibility index (Phi) is 6.21. The molecular weight excluding hydrogens is 420 g/mol. The van der Waals surface area contributed by atoms with Gasteiger partial charge in [0.05, 0.1) is 29.7 Å². The smallest absolute Gasteiger partial charge is 0.277 e. The molecule has 2 aromatic rings. The number of nitrogens with zero attached hydrogens (tertiary/aromatic N) is 1. The molecule has 0 fully saturated rings. The van der Waals surface area contributed by atoms with Gasteiger partial charge in [0, 0.05) is 9.77 Å². The van der Waals surface area contributed by atoms with Gasteiger partial charge in [-0.2, -0.15) is 0 Å². The summed E-state index contributed by atoms with van der Waals surface area (Å²) in [5.41, 5.74) is 2.56. The molecule has 122 valence electrons. The Morgan fingerprint density at radius 1 is 1.39 bits per heavy atom. The van der Waals surface area contributed by atoms with Gasteiger partial charge in [0.25, 0.3) is 5.91 Å². The average Bonchev–Trinajstić information content (AvgIpc) is 2.55. The first-order valence-corrected chi connectivity index (χ1v) is 7.50. The number of rotatable bonds is 6. The molecule has 0 aliphatic carbocycles. The van der Waals surface area contributed by atoms with E-state index in [0.29, 0.717) is 0 Å². The predicted molar refractivity (Wildman–Crippen MR) is 88.3 cm³/mol. The molecule has 1 aromatic carbocycles. The van der Waals surface area contributed by atoms with Crippen LogP contribution in [0.15, 0.2) is 36.7 Å². The van der Waals surface area contributed by atoms with Crippen LogP contribution in [-0.2, 0) is 4.84 Å². The first kappa shape index (κ1) is 17.5. The molecule has 0 bridgehead atoms. The number of hydrogen-bond donors (Lipinski definition) is 4. The second-order valence-electron chi connectivity index (χ2n) is 4.36. The number of aromatic nitrogens is 1. The number of halogens is 2. The molecule has 7 nitrogen and oxygen atoms in total. The number of aliphatic hydroxyl groups excluding tert-OH is 2. The van der Waals surface area contributed by atoms with E-state index in [1.807, 2.05) is 28.1 Å². The number of hydroxylamine groups is 1. The molecule has 4 N–H and O–H groups in total. The SMILES string of the molecule is O=C(NO[C@H](O)CO)c1ccncc1Nc1ccc(I)cc1F. The number of aliphatic hydroxyl groups is 2. The largest absolute Gasteiger partial charge is 0.391 e. The van der Waals surface area contributed by atoms with E-state index in [-0.39, 0.29) is 16.9 Å². The number of hydrogen-bond acceptors (Lipinski definition) is 6. The lowest BCUT2D eigenvalue weighted by Gasteiger charge is -2.13. The highest BCUT2D eigenvalue weighted by molar-refractivity contribution is 14.1. The summed E-state index contributed by atoms with van der Waals surface area (Å²) in [6, 6.07) is 6.00. The molecule has 0 saturated heterocycles. The second kappa shape index (κ2) is 8.15. The normalized spacial score (nSPS) is 11.8. The third-order valence-electron chi connectivity index (χ3n) is 2.71. The average molecular weight is 433 g/mol. The van der Waals surface area contributed by atoms with Crippen molar-refractivity contribution >= 4 is 39.9 Å². The van der Waals surface area contributed by atoms with Crippen LogP contribution >= 0.6 is 22.6 Å². The van der Waals surface area contributed by atoms with Crippen LogP contribution in [0.25, 0.3) is 0 Å². The van der Waals surface area contributed by atoms with E-state index in [4.69, 9.17) is 10.2 Å². The number of pyridine rings is 1. The van der Waals surface area contributed by atoms with Gasteiger partial charge in [-0.3, -0.25) is 9.78 Å². The van der Waals surface area contributed by atoms with Gasteiger partial charge in [-0.25, -0.2) is 14.7 Å². The van der Waals surface area contributed by atoms with Gasteiger partial charge < -0.3 is 15.5 Å². The fraction of sp³-hybridized carbons (Fsp3) is 0.143. The molecule has 0 unspecified atom stereocenters. The number of anilines is 2. The van der Waals surface area contributed by atoms with Crippen molar-refractivity contribution in [2.45, 2.75) is 6.29 Å². The first-order valence-electron chi connectivity index (χ1n) is 6.42. The predicted octanol–water partition coefficient (Wildman–Crippen LogP) is 1.54. The van der Waals surface area contributed by atoms with Gasteiger partial charge in [-0.1, -0.05) is 0 Å². The minimum atomic E-state index is -1.54. The van der Waals surface area contributed by atoms with Crippen molar-refractivity contribution in [2.24, 2.45) is 0 Å². The minimum absolute atomic E-state index is 0.128. The van der Waals surface area contributed by atoms with Crippen molar-refractivity contribution in [2.75, 3.05) is 11.9 Å². The molecule has 1 aromatic heterocycles. The van der Waals surface area contributed by atoms with Crippen molar-refractivity contribution < 1.29 is 24.2 Å². The summed E-state index contributed by atoms with van der Waals surface area (Å²) in [5, 5.41) is 20.5. The highest BCUT2D eigenvalue weighted by atomic mass is 127. The molecular formula is C14H13FIN3O4. The molecule has 9 heteroatoms. The van der Waals surface area contributed by atoms with Crippen molar-refractivity contribution in [3.05, 3.63) is 51.6 Å². The maximum absolute atomic E-state index is 13.9. The van der Waals surface area contributed by atoms with Crippen molar-refractivity contribution in [3.63, 3.8) is 0 Å². The lowest BCUT2D eigenvalue weighted by molar-refractivity contribution is -0.154. The van der Waals surface area contributed by atoms with E-state index in [9.17, 15) is 9.18 Å². The second-order valence-corrected chi connectivity index (χ2v) is 5.60. The summed E-state index contributed by atoms with van der Waals surface area (Å²) in [5.74, 6) is -1.16. The van der Waals surface area contributed by atoms with Crippen LogP contribution in [0.3, 0.4) is 0 Å². The molecule has 1 atom stereocenters. The maximum atomic E-state index is 13.9. The van der Waals surface area contributed by atoms with E-state index < -0.39 is 24.6 Å². The van der Waals surface area contributed by atoms with Gasteiger partial charge in [0.1, 0.15) is 5.82 Å². The van der Waals surface area contributed by atoms with Crippen molar-refractivity contribution in [1.29, 1.82) is 0 Å². The number of carbonyl (C=O) groups is 1. The Morgan fingerprint density at radius 3 is 2.87 bits per heavy atom. The molecule has 0 spiro atoms. The molecule has 23 heavy (non-hydrogen) atoms. The molecule has 0 saturated carbocycles.